The van der Waals surface area contributed by atoms with Gasteiger partial charge in [-0.15, -0.1) is 0 Å². The van der Waals surface area contributed by atoms with E-state index in [0.29, 0.717) is 29.8 Å². The predicted molar refractivity (Wildman–Crippen MR) is 143 cm³/mol. The number of unbranched alkanes of at least 4 members (excludes halogenated alkanes) is 1. The van der Waals surface area contributed by atoms with Crippen LogP contribution in [0.4, 0.5) is 11.6 Å². The number of aromatic nitrogens is 5. The number of nitrogens with one attached hydrogen (secondary N) is 2. The van der Waals surface area contributed by atoms with E-state index in [9.17, 15) is 9.90 Å². The lowest BCUT2D eigenvalue weighted by atomic mass is 10.1. The van der Waals surface area contributed by atoms with E-state index in [1.807, 2.05) is 6.92 Å². The average molecular weight is 511 g/mol. The molecule has 0 radical (unpaired) electrons. The van der Waals surface area contributed by atoms with E-state index in [2.05, 4.69) is 42.7 Å². The summed E-state index contributed by atoms with van der Waals surface area (Å²) in [6.07, 6.45) is 8.87. The van der Waals surface area contributed by atoms with Crippen molar-refractivity contribution < 1.29 is 14.6 Å². The fraction of sp³-hybridized carbons (Fsp3) is 0.577. The Hall–Kier alpha value is -3.31. The van der Waals surface area contributed by atoms with Crippen molar-refractivity contribution in [3.05, 3.63) is 35.9 Å². The number of carbonyl (C=O) groups is 1. The van der Waals surface area contributed by atoms with Crippen LogP contribution >= 0.6 is 0 Å². The Balaban J connectivity index is 1.31. The highest BCUT2D eigenvalue weighted by atomic mass is 16.5. The van der Waals surface area contributed by atoms with Gasteiger partial charge in [0.1, 0.15) is 23.7 Å². The third kappa shape index (κ3) is 7.36. The zero-order valence-electron chi connectivity index (χ0n) is 22.0. The molecule has 1 aliphatic rings. The van der Waals surface area contributed by atoms with Crippen LogP contribution in [0.3, 0.4) is 0 Å². The summed E-state index contributed by atoms with van der Waals surface area (Å²) >= 11 is 0. The summed E-state index contributed by atoms with van der Waals surface area (Å²) in [5, 5.41) is 20.7. The predicted octanol–water partition coefficient (Wildman–Crippen LogP) is 2.73. The molecule has 0 amide bonds. The molecule has 37 heavy (non-hydrogen) atoms. The van der Waals surface area contributed by atoms with Crippen molar-refractivity contribution in [1.29, 1.82) is 0 Å². The molecule has 200 valence electrons. The molecule has 0 saturated heterocycles. The van der Waals surface area contributed by atoms with E-state index in [4.69, 9.17) is 9.72 Å². The molecule has 0 saturated carbocycles. The quantitative estimate of drug-likeness (QED) is 0.278. The van der Waals surface area contributed by atoms with Gasteiger partial charge >= 0.3 is 5.97 Å². The Morgan fingerprint density at radius 2 is 2.16 bits per heavy atom. The van der Waals surface area contributed by atoms with Crippen LogP contribution in [0.5, 0.6) is 0 Å². The summed E-state index contributed by atoms with van der Waals surface area (Å²) in [5.41, 5.74) is 3.66. The first kappa shape index (κ1) is 26.7. The number of carboxylic acid groups (broad SMARTS) is 1. The number of aliphatic carboxylic acids is 1. The van der Waals surface area contributed by atoms with E-state index < -0.39 is 12.0 Å². The number of pyridine rings is 1. The van der Waals surface area contributed by atoms with E-state index in [-0.39, 0.29) is 6.10 Å². The summed E-state index contributed by atoms with van der Waals surface area (Å²) in [6.45, 7) is 5.24. The van der Waals surface area contributed by atoms with Crippen LogP contribution in [0.25, 0.3) is 11.0 Å². The van der Waals surface area contributed by atoms with Crippen molar-refractivity contribution in [3.63, 3.8) is 0 Å². The number of anilines is 2. The van der Waals surface area contributed by atoms with Gasteiger partial charge in [0, 0.05) is 39.5 Å². The Kier molecular flexibility index (Phi) is 9.24. The molecule has 3 aromatic heterocycles. The molecule has 11 heteroatoms. The van der Waals surface area contributed by atoms with Crippen molar-refractivity contribution in [2.24, 2.45) is 7.05 Å². The van der Waals surface area contributed by atoms with Crippen molar-refractivity contribution >= 4 is 28.6 Å². The number of rotatable bonds is 14. The number of methoxy groups -OCH3 is 1. The molecule has 0 unspecified atom stereocenters. The van der Waals surface area contributed by atoms with E-state index in [1.165, 1.54) is 11.9 Å². The molecule has 3 N–H and O–H groups in total. The summed E-state index contributed by atoms with van der Waals surface area (Å²) in [7, 11) is 3.50. The molecule has 4 heterocycles. The Labute approximate surface area is 217 Å². The first-order valence-corrected chi connectivity index (χ1v) is 13.0. The van der Waals surface area contributed by atoms with Crippen molar-refractivity contribution in [3.8, 4) is 0 Å². The zero-order chi connectivity index (χ0) is 26.2. The minimum absolute atomic E-state index is 0.0552. The number of nitrogens with zero attached hydrogens (tertiary/aromatic N) is 6. The van der Waals surface area contributed by atoms with Crippen LogP contribution in [-0.2, 0) is 29.4 Å². The third-order valence-corrected chi connectivity index (χ3v) is 6.79. The molecule has 11 nitrogen and oxygen atoms in total. The number of ether oxygens (including phenoxy) is 1. The maximum atomic E-state index is 12.1. The zero-order valence-corrected chi connectivity index (χ0v) is 22.0. The summed E-state index contributed by atoms with van der Waals surface area (Å²) < 4.78 is 7.13. The molecule has 1 aliphatic heterocycles. The molecular weight excluding hydrogens is 472 g/mol. The Morgan fingerprint density at radius 1 is 1.30 bits per heavy atom. The fourth-order valence-electron chi connectivity index (χ4n) is 4.67. The highest BCUT2D eigenvalue weighted by Crippen LogP contribution is 2.21. The minimum atomic E-state index is -0.922. The van der Waals surface area contributed by atoms with Crippen molar-refractivity contribution in [1.82, 2.24) is 29.6 Å². The second kappa shape index (κ2) is 12.8. The van der Waals surface area contributed by atoms with E-state index in [1.54, 1.807) is 25.0 Å². The van der Waals surface area contributed by atoms with Gasteiger partial charge in [-0.2, -0.15) is 5.10 Å². The third-order valence-electron chi connectivity index (χ3n) is 6.79. The normalized spacial score (nSPS) is 14.8. The van der Waals surface area contributed by atoms with Crippen LogP contribution < -0.4 is 10.6 Å². The topological polar surface area (TPSA) is 130 Å². The van der Waals surface area contributed by atoms with Gasteiger partial charge in [0.2, 0.25) is 0 Å². The van der Waals surface area contributed by atoms with Crippen LogP contribution in [0.2, 0.25) is 0 Å². The molecule has 0 fully saturated rings. The summed E-state index contributed by atoms with van der Waals surface area (Å²) in [5.74, 6) is 0.551. The minimum Gasteiger partial charge on any atom is -0.480 e. The monoisotopic (exact) mass is 510 g/mol. The standard InChI is InChI=1S/C26H38N8O3/c1-18(37-3)15-34(13-5-4-8-20-10-9-19-7-6-12-27-24(19)30-20)14-11-21(26(35)36)31-25-23-22(28-17-29-25)16-33(2)32-23/h9-10,16-18,21H,4-8,11-15H2,1-3H3,(H,27,30)(H,35,36)(H,28,29,31)/t18-,21+/m1/s1. The van der Waals surface area contributed by atoms with E-state index in [0.717, 1.165) is 63.3 Å². The summed E-state index contributed by atoms with van der Waals surface area (Å²) in [6, 6.07) is 3.55. The van der Waals surface area contributed by atoms with Gasteiger partial charge < -0.3 is 25.4 Å². The van der Waals surface area contributed by atoms with Gasteiger partial charge in [-0.1, -0.05) is 6.07 Å². The number of hydrogen-bond acceptors (Lipinski definition) is 9. The molecular formula is C26H38N8O3. The largest absolute Gasteiger partial charge is 0.480 e. The fourth-order valence-corrected chi connectivity index (χ4v) is 4.67. The molecule has 2 atom stereocenters. The second-order valence-corrected chi connectivity index (χ2v) is 9.73. The molecule has 0 aliphatic carbocycles. The highest BCUT2D eigenvalue weighted by molar-refractivity contribution is 5.87. The molecule has 0 spiro atoms. The second-order valence-electron chi connectivity index (χ2n) is 9.73. The van der Waals surface area contributed by atoms with Gasteiger partial charge in [-0.3, -0.25) is 4.68 Å². The molecule has 3 aromatic rings. The number of fused-ring (bicyclic) bond motifs is 2. The van der Waals surface area contributed by atoms with Crippen LogP contribution in [0.15, 0.2) is 24.7 Å². The Morgan fingerprint density at radius 3 is 2.97 bits per heavy atom. The molecule has 4 rings (SSSR count). The average Bonchev–Trinajstić information content (AvgIpc) is 3.29. The number of hydrogen-bond donors (Lipinski definition) is 3. The van der Waals surface area contributed by atoms with Gasteiger partial charge in [0.25, 0.3) is 0 Å². The van der Waals surface area contributed by atoms with Crippen molar-refractivity contribution in [2.45, 2.75) is 57.6 Å². The maximum absolute atomic E-state index is 12.1. The Bertz CT molecular complexity index is 1180. The van der Waals surface area contributed by atoms with Gasteiger partial charge in [-0.05, 0) is 63.6 Å². The van der Waals surface area contributed by atoms with Crippen molar-refractivity contribution in [2.75, 3.05) is 43.9 Å². The van der Waals surface area contributed by atoms with Gasteiger partial charge in [-0.25, -0.2) is 19.7 Å². The SMILES string of the molecule is CO[C@H](C)CN(CCCCc1ccc2c(n1)NCCC2)CC[C@H](Nc1ncnc2cn(C)nc12)C(=O)O. The van der Waals surface area contributed by atoms with Crippen LogP contribution in [0, 0.1) is 0 Å². The first-order valence-electron chi connectivity index (χ1n) is 13.0. The smallest absolute Gasteiger partial charge is 0.326 e. The number of carboxylic acids is 1. The van der Waals surface area contributed by atoms with Crippen LogP contribution in [0.1, 0.15) is 43.9 Å². The maximum Gasteiger partial charge on any atom is 0.326 e. The van der Waals surface area contributed by atoms with Crippen LogP contribution in [-0.4, -0.2) is 86.1 Å². The van der Waals surface area contributed by atoms with E-state index >= 15 is 0 Å². The summed E-state index contributed by atoms with van der Waals surface area (Å²) in [4.78, 5) is 27.6. The number of aryl methyl sites for hydroxylation is 3. The van der Waals surface area contributed by atoms with Gasteiger partial charge in [0.15, 0.2) is 11.3 Å². The lowest BCUT2D eigenvalue weighted by Crippen LogP contribution is -2.38. The molecule has 0 aromatic carbocycles. The lowest BCUT2D eigenvalue weighted by molar-refractivity contribution is -0.138. The first-order chi connectivity index (χ1) is 17.9. The lowest BCUT2D eigenvalue weighted by Gasteiger charge is -2.26. The molecule has 0 bridgehead atoms. The highest BCUT2D eigenvalue weighted by Gasteiger charge is 2.22. The van der Waals surface area contributed by atoms with Gasteiger partial charge in [0.05, 0.1) is 12.3 Å².